The van der Waals surface area contributed by atoms with Crippen LogP contribution in [0.25, 0.3) is 10.6 Å². The van der Waals surface area contributed by atoms with Crippen LogP contribution in [-0.2, 0) is 0 Å². The fraction of sp³-hybridized carbons (Fsp3) is 0.0909. The molecule has 16 heavy (non-hydrogen) atoms. The third-order valence-electron chi connectivity index (χ3n) is 2.03. The highest BCUT2D eigenvalue weighted by atomic mass is 79.9. The molecule has 2 aromatic rings. The van der Waals surface area contributed by atoms with Crippen molar-refractivity contribution in [3.8, 4) is 10.6 Å². The predicted molar refractivity (Wildman–Crippen MR) is 70.3 cm³/mol. The second-order valence-electron chi connectivity index (χ2n) is 3.22. The van der Waals surface area contributed by atoms with Crippen LogP contribution in [0.3, 0.4) is 0 Å². The van der Waals surface area contributed by atoms with Gasteiger partial charge in [0.05, 0.1) is 5.02 Å². The zero-order chi connectivity index (χ0) is 11.7. The number of Topliss-reactive ketones (excluding diaryl/α,β-unsaturated/α-hetero) is 1. The van der Waals surface area contributed by atoms with Crippen LogP contribution in [0.5, 0.6) is 0 Å². The highest BCUT2D eigenvalue weighted by Crippen LogP contribution is 2.30. The molecule has 0 atom stereocenters. The van der Waals surface area contributed by atoms with Gasteiger partial charge in [-0.25, -0.2) is 4.98 Å². The quantitative estimate of drug-likeness (QED) is 0.767. The standard InChI is InChI=1S/C11H7BrClNOS/c1-6(15)10-5-16-11(14-10)7-2-3-9(13)8(12)4-7/h2-5H,1H3. The van der Waals surface area contributed by atoms with Crippen molar-refractivity contribution in [2.45, 2.75) is 6.92 Å². The van der Waals surface area contributed by atoms with Gasteiger partial charge < -0.3 is 0 Å². The van der Waals surface area contributed by atoms with Crippen LogP contribution in [0.1, 0.15) is 17.4 Å². The highest BCUT2D eigenvalue weighted by Gasteiger charge is 2.08. The zero-order valence-corrected chi connectivity index (χ0v) is 11.5. The van der Waals surface area contributed by atoms with Gasteiger partial charge in [-0.15, -0.1) is 11.3 Å². The first kappa shape index (κ1) is 11.8. The van der Waals surface area contributed by atoms with Crippen molar-refractivity contribution < 1.29 is 4.79 Å². The Labute approximate surface area is 110 Å². The summed E-state index contributed by atoms with van der Waals surface area (Å²) in [5.74, 6) is -0.0180. The van der Waals surface area contributed by atoms with E-state index in [9.17, 15) is 4.79 Å². The largest absolute Gasteiger partial charge is 0.293 e. The third kappa shape index (κ3) is 2.34. The Morgan fingerprint density at radius 2 is 2.25 bits per heavy atom. The Morgan fingerprint density at radius 1 is 1.50 bits per heavy atom. The summed E-state index contributed by atoms with van der Waals surface area (Å²) in [5, 5.41) is 3.25. The van der Waals surface area contributed by atoms with Crippen LogP contribution in [0.2, 0.25) is 5.02 Å². The Kier molecular flexibility index (Phi) is 3.42. The lowest BCUT2D eigenvalue weighted by molar-refractivity contribution is 0.101. The summed E-state index contributed by atoms with van der Waals surface area (Å²) in [6.07, 6.45) is 0. The SMILES string of the molecule is CC(=O)c1csc(-c2ccc(Cl)c(Br)c2)n1. The molecule has 0 unspecified atom stereocenters. The summed E-state index contributed by atoms with van der Waals surface area (Å²) in [4.78, 5) is 15.4. The number of carbonyl (C=O) groups excluding carboxylic acids is 1. The molecule has 1 heterocycles. The molecule has 0 N–H and O–H groups in total. The van der Waals surface area contributed by atoms with Crippen molar-refractivity contribution in [3.63, 3.8) is 0 Å². The lowest BCUT2D eigenvalue weighted by Gasteiger charge is -1.99. The van der Waals surface area contributed by atoms with E-state index in [0.717, 1.165) is 15.0 Å². The number of thiazole rings is 1. The van der Waals surface area contributed by atoms with E-state index >= 15 is 0 Å². The lowest BCUT2D eigenvalue weighted by Crippen LogP contribution is -1.91. The fourth-order valence-electron chi connectivity index (χ4n) is 1.20. The molecule has 2 rings (SSSR count). The fourth-order valence-corrected chi connectivity index (χ4v) is 2.55. The predicted octanol–water partition coefficient (Wildman–Crippen LogP) is 4.43. The number of hydrogen-bond donors (Lipinski definition) is 0. The van der Waals surface area contributed by atoms with Crippen LogP contribution in [0.15, 0.2) is 28.1 Å². The molecule has 1 aromatic heterocycles. The molecule has 0 fully saturated rings. The van der Waals surface area contributed by atoms with E-state index in [1.165, 1.54) is 18.3 Å². The van der Waals surface area contributed by atoms with Gasteiger partial charge in [-0.3, -0.25) is 4.79 Å². The molecular weight excluding hydrogens is 310 g/mol. The molecule has 0 amide bonds. The monoisotopic (exact) mass is 315 g/mol. The number of ketones is 1. The average molecular weight is 317 g/mol. The number of carbonyl (C=O) groups is 1. The molecule has 0 saturated carbocycles. The van der Waals surface area contributed by atoms with Gasteiger partial charge in [0.25, 0.3) is 0 Å². The third-order valence-corrected chi connectivity index (χ3v) is 4.14. The molecule has 82 valence electrons. The van der Waals surface area contributed by atoms with E-state index < -0.39 is 0 Å². The summed E-state index contributed by atoms with van der Waals surface area (Å²) in [6.45, 7) is 1.51. The number of hydrogen-bond acceptors (Lipinski definition) is 3. The van der Waals surface area contributed by atoms with E-state index in [1.54, 1.807) is 11.4 Å². The summed E-state index contributed by atoms with van der Waals surface area (Å²) in [7, 11) is 0. The Balaban J connectivity index is 2.42. The number of aromatic nitrogens is 1. The summed E-state index contributed by atoms with van der Waals surface area (Å²) in [5.41, 5.74) is 1.46. The summed E-state index contributed by atoms with van der Waals surface area (Å²) >= 11 is 10.7. The van der Waals surface area contributed by atoms with Crippen molar-refractivity contribution in [1.82, 2.24) is 4.98 Å². The van der Waals surface area contributed by atoms with E-state index in [-0.39, 0.29) is 5.78 Å². The lowest BCUT2D eigenvalue weighted by atomic mass is 10.2. The number of halogens is 2. The minimum absolute atomic E-state index is 0.0180. The maximum absolute atomic E-state index is 11.1. The number of rotatable bonds is 2. The number of nitrogens with zero attached hydrogens (tertiary/aromatic N) is 1. The van der Waals surface area contributed by atoms with Gasteiger partial charge in [0.2, 0.25) is 0 Å². The van der Waals surface area contributed by atoms with E-state index in [4.69, 9.17) is 11.6 Å². The normalized spacial score (nSPS) is 10.4. The molecule has 0 bridgehead atoms. The molecule has 0 aliphatic carbocycles. The van der Waals surface area contributed by atoms with Gasteiger partial charge >= 0.3 is 0 Å². The van der Waals surface area contributed by atoms with Crippen molar-refractivity contribution >= 4 is 44.7 Å². The van der Waals surface area contributed by atoms with Gasteiger partial charge in [0.15, 0.2) is 5.78 Å². The molecule has 0 spiro atoms. The number of benzene rings is 1. The van der Waals surface area contributed by atoms with Crippen LogP contribution in [0, 0.1) is 0 Å². The molecule has 0 aliphatic rings. The van der Waals surface area contributed by atoms with Crippen LogP contribution in [-0.4, -0.2) is 10.8 Å². The minimum Gasteiger partial charge on any atom is -0.293 e. The van der Waals surface area contributed by atoms with Crippen LogP contribution < -0.4 is 0 Å². The van der Waals surface area contributed by atoms with E-state index in [1.807, 2.05) is 12.1 Å². The van der Waals surface area contributed by atoms with Crippen molar-refractivity contribution in [2.24, 2.45) is 0 Å². The highest BCUT2D eigenvalue weighted by molar-refractivity contribution is 9.10. The average Bonchev–Trinajstić information content (AvgIpc) is 2.71. The van der Waals surface area contributed by atoms with Gasteiger partial charge in [-0.05, 0) is 28.1 Å². The van der Waals surface area contributed by atoms with Gasteiger partial charge in [0.1, 0.15) is 10.7 Å². The first-order valence-corrected chi connectivity index (χ1v) is 6.55. The van der Waals surface area contributed by atoms with E-state index in [2.05, 4.69) is 20.9 Å². The topological polar surface area (TPSA) is 30.0 Å². The van der Waals surface area contributed by atoms with Crippen LogP contribution >= 0.6 is 38.9 Å². The first-order valence-electron chi connectivity index (χ1n) is 4.50. The van der Waals surface area contributed by atoms with Gasteiger partial charge in [-0.1, -0.05) is 17.7 Å². The molecule has 0 saturated heterocycles. The second-order valence-corrected chi connectivity index (χ2v) is 5.34. The molecular formula is C11H7BrClNOS. The molecule has 5 heteroatoms. The van der Waals surface area contributed by atoms with Crippen molar-refractivity contribution in [1.29, 1.82) is 0 Å². The van der Waals surface area contributed by atoms with Gasteiger partial charge in [0, 0.05) is 22.3 Å². The molecule has 0 radical (unpaired) electrons. The Bertz CT molecular complexity index is 553. The molecule has 2 nitrogen and oxygen atoms in total. The maximum Gasteiger partial charge on any atom is 0.178 e. The van der Waals surface area contributed by atoms with Gasteiger partial charge in [-0.2, -0.15) is 0 Å². The second kappa shape index (κ2) is 4.65. The van der Waals surface area contributed by atoms with Crippen molar-refractivity contribution in [3.05, 3.63) is 38.8 Å². The Morgan fingerprint density at radius 3 is 2.81 bits per heavy atom. The minimum atomic E-state index is -0.0180. The first-order chi connectivity index (χ1) is 7.58. The summed E-state index contributed by atoms with van der Waals surface area (Å²) in [6, 6.07) is 5.58. The smallest absolute Gasteiger partial charge is 0.178 e. The summed E-state index contributed by atoms with van der Waals surface area (Å²) < 4.78 is 0.825. The molecule has 1 aromatic carbocycles. The van der Waals surface area contributed by atoms with Crippen molar-refractivity contribution in [2.75, 3.05) is 0 Å². The zero-order valence-electron chi connectivity index (χ0n) is 8.33. The van der Waals surface area contributed by atoms with E-state index in [0.29, 0.717) is 10.7 Å². The van der Waals surface area contributed by atoms with Crippen LogP contribution in [0.4, 0.5) is 0 Å². The molecule has 0 aliphatic heterocycles. The Hall–Kier alpha value is -0.710. The maximum atomic E-state index is 11.1.